The van der Waals surface area contributed by atoms with Gasteiger partial charge < -0.3 is 15.3 Å². The molecule has 114 valence electrons. The number of anilines is 1. The highest BCUT2D eigenvalue weighted by Crippen LogP contribution is 2.23. The van der Waals surface area contributed by atoms with Crippen molar-refractivity contribution in [1.82, 2.24) is 5.32 Å². The Morgan fingerprint density at radius 2 is 2.14 bits per heavy atom. The van der Waals surface area contributed by atoms with Crippen LogP contribution in [0.3, 0.4) is 0 Å². The fourth-order valence-electron chi connectivity index (χ4n) is 1.80. The van der Waals surface area contributed by atoms with Gasteiger partial charge in [-0.1, -0.05) is 13.0 Å². The van der Waals surface area contributed by atoms with E-state index in [0.29, 0.717) is 12.2 Å². The molecule has 0 spiro atoms. The van der Waals surface area contributed by atoms with E-state index in [-0.39, 0.29) is 18.0 Å². The average Bonchev–Trinajstić information content (AvgIpc) is 2.43. The van der Waals surface area contributed by atoms with E-state index in [0.717, 1.165) is 12.5 Å². The summed E-state index contributed by atoms with van der Waals surface area (Å²) in [6.07, 6.45) is 2.89. The molecule has 1 amide bonds. The van der Waals surface area contributed by atoms with Crippen molar-refractivity contribution in [2.45, 2.75) is 13.3 Å². The molecule has 6 heteroatoms. The van der Waals surface area contributed by atoms with E-state index in [1.165, 1.54) is 18.2 Å². The van der Waals surface area contributed by atoms with Crippen LogP contribution in [0, 0.1) is 5.82 Å². The number of halogens is 1. The molecule has 0 heterocycles. The second-order valence-electron chi connectivity index (χ2n) is 4.55. The molecule has 1 rings (SSSR count). The highest BCUT2D eigenvalue weighted by atomic mass is 19.1. The molecule has 0 saturated heterocycles. The van der Waals surface area contributed by atoms with Crippen LogP contribution in [0.5, 0.6) is 0 Å². The van der Waals surface area contributed by atoms with Gasteiger partial charge in [0.1, 0.15) is 5.82 Å². The molecule has 0 aromatic heterocycles. The SMILES string of the molecule is CCCNC(=O)CN(C)c1cccc(F)c1/C=C/C(=O)O. The van der Waals surface area contributed by atoms with E-state index in [1.807, 2.05) is 6.92 Å². The van der Waals surface area contributed by atoms with E-state index in [1.54, 1.807) is 18.0 Å². The summed E-state index contributed by atoms with van der Waals surface area (Å²) in [6.45, 7) is 2.60. The van der Waals surface area contributed by atoms with Crippen LogP contribution in [0.25, 0.3) is 6.08 Å². The number of likely N-dealkylation sites (N-methyl/N-ethyl adjacent to an activating group) is 1. The first-order chi connectivity index (χ1) is 9.95. The molecule has 0 aliphatic carbocycles. The molecule has 1 aromatic rings. The fraction of sp³-hybridized carbons (Fsp3) is 0.333. The van der Waals surface area contributed by atoms with Gasteiger partial charge >= 0.3 is 5.97 Å². The third kappa shape index (κ3) is 5.25. The molecule has 5 nitrogen and oxygen atoms in total. The number of amides is 1. The lowest BCUT2D eigenvalue weighted by atomic mass is 10.1. The van der Waals surface area contributed by atoms with Crippen LogP contribution in [0.4, 0.5) is 10.1 Å². The molecule has 2 N–H and O–H groups in total. The normalized spacial score (nSPS) is 10.6. The molecule has 0 aliphatic heterocycles. The lowest BCUT2D eigenvalue weighted by Crippen LogP contribution is -2.35. The Morgan fingerprint density at radius 3 is 2.76 bits per heavy atom. The van der Waals surface area contributed by atoms with Crippen LogP contribution in [0.15, 0.2) is 24.3 Å². The Kier molecular flexibility index (Phi) is 6.39. The van der Waals surface area contributed by atoms with Gasteiger partial charge in [-0.15, -0.1) is 0 Å². The number of hydrogen-bond acceptors (Lipinski definition) is 3. The first kappa shape index (κ1) is 16.7. The molecule has 0 atom stereocenters. The maximum atomic E-state index is 13.8. The number of nitrogens with one attached hydrogen (secondary N) is 1. The van der Waals surface area contributed by atoms with Gasteiger partial charge in [0.2, 0.25) is 5.91 Å². The van der Waals surface area contributed by atoms with Crippen molar-refractivity contribution in [3.63, 3.8) is 0 Å². The van der Waals surface area contributed by atoms with Gasteiger partial charge in [-0.05, 0) is 24.6 Å². The van der Waals surface area contributed by atoms with Crippen molar-refractivity contribution in [3.05, 3.63) is 35.7 Å². The molecule has 1 aromatic carbocycles. The summed E-state index contributed by atoms with van der Waals surface area (Å²) in [6, 6.07) is 4.40. The number of carbonyl (C=O) groups is 2. The van der Waals surface area contributed by atoms with E-state index in [2.05, 4.69) is 5.32 Å². The van der Waals surface area contributed by atoms with Gasteiger partial charge in [0, 0.05) is 30.9 Å². The zero-order chi connectivity index (χ0) is 15.8. The predicted octanol–water partition coefficient (Wildman–Crippen LogP) is 1.89. The summed E-state index contributed by atoms with van der Waals surface area (Å²) in [5.41, 5.74) is 0.602. The summed E-state index contributed by atoms with van der Waals surface area (Å²) < 4.78 is 13.8. The van der Waals surface area contributed by atoms with Crippen LogP contribution < -0.4 is 10.2 Å². The molecule has 0 bridgehead atoms. The number of rotatable bonds is 7. The lowest BCUT2D eigenvalue weighted by Gasteiger charge is -2.21. The maximum absolute atomic E-state index is 13.8. The number of hydrogen-bond donors (Lipinski definition) is 2. The fourth-order valence-corrected chi connectivity index (χ4v) is 1.80. The largest absolute Gasteiger partial charge is 0.478 e. The minimum atomic E-state index is -1.16. The third-order valence-corrected chi connectivity index (χ3v) is 2.79. The molecule has 0 fully saturated rings. The third-order valence-electron chi connectivity index (χ3n) is 2.79. The van der Waals surface area contributed by atoms with E-state index in [9.17, 15) is 14.0 Å². The summed E-state index contributed by atoms with van der Waals surface area (Å²) in [4.78, 5) is 23.8. The Bertz CT molecular complexity index is 544. The summed E-state index contributed by atoms with van der Waals surface area (Å²) in [5, 5.41) is 11.4. The zero-order valence-corrected chi connectivity index (χ0v) is 12.1. The number of nitrogens with zero attached hydrogens (tertiary/aromatic N) is 1. The second kappa shape index (κ2) is 8.04. The van der Waals surface area contributed by atoms with Crippen LogP contribution in [-0.4, -0.2) is 37.1 Å². The monoisotopic (exact) mass is 294 g/mol. The van der Waals surface area contributed by atoms with Crippen molar-refractivity contribution in [2.24, 2.45) is 0 Å². The topological polar surface area (TPSA) is 69.6 Å². The number of carbonyl (C=O) groups excluding carboxylic acids is 1. The molecular weight excluding hydrogens is 275 g/mol. The van der Waals surface area contributed by atoms with Gasteiger partial charge in [-0.25, -0.2) is 9.18 Å². The van der Waals surface area contributed by atoms with Crippen molar-refractivity contribution in [2.75, 3.05) is 25.0 Å². The van der Waals surface area contributed by atoms with Crippen LogP contribution in [0.2, 0.25) is 0 Å². The standard InChI is InChI=1S/C15H19FN2O3/c1-3-9-17-14(19)10-18(2)13-6-4-5-12(16)11(13)7-8-15(20)21/h4-8H,3,9-10H2,1-2H3,(H,17,19)(H,20,21)/b8-7+. The Hall–Kier alpha value is -2.37. The smallest absolute Gasteiger partial charge is 0.328 e. The first-order valence-electron chi connectivity index (χ1n) is 6.63. The van der Waals surface area contributed by atoms with Crippen molar-refractivity contribution >= 4 is 23.6 Å². The van der Waals surface area contributed by atoms with Crippen molar-refractivity contribution in [3.8, 4) is 0 Å². The summed E-state index contributed by atoms with van der Waals surface area (Å²) >= 11 is 0. The minimum absolute atomic E-state index is 0.0668. The molecule has 0 unspecified atom stereocenters. The molecule has 21 heavy (non-hydrogen) atoms. The van der Waals surface area contributed by atoms with Crippen molar-refractivity contribution in [1.29, 1.82) is 0 Å². The number of benzene rings is 1. The Labute approximate surface area is 123 Å². The van der Waals surface area contributed by atoms with Crippen LogP contribution >= 0.6 is 0 Å². The summed E-state index contributed by atoms with van der Waals surface area (Å²) in [7, 11) is 1.65. The van der Waals surface area contributed by atoms with E-state index >= 15 is 0 Å². The van der Waals surface area contributed by atoms with E-state index in [4.69, 9.17) is 5.11 Å². The van der Waals surface area contributed by atoms with Crippen LogP contribution in [-0.2, 0) is 9.59 Å². The number of carboxylic acids is 1. The van der Waals surface area contributed by atoms with Gasteiger partial charge in [0.15, 0.2) is 0 Å². The van der Waals surface area contributed by atoms with Gasteiger partial charge in [-0.2, -0.15) is 0 Å². The van der Waals surface area contributed by atoms with Gasteiger partial charge in [0.05, 0.1) is 6.54 Å². The predicted molar refractivity (Wildman–Crippen MR) is 79.6 cm³/mol. The highest BCUT2D eigenvalue weighted by molar-refractivity contribution is 5.88. The Morgan fingerprint density at radius 1 is 1.43 bits per heavy atom. The minimum Gasteiger partial charge on any atom is -0.478 e. The maximum Gasteiger partial charge on any atom is 0.328 e. The summed E-state index contributed by atoms with van der Waals surface area (Å²) in [5.74, 6) is -1.87. The molecular formula is C15H19FN2O3. The zero-order valence-electron chi connectivity index (χ0n) is 12.1. The highest BCUT2D eigenvalue weighted by Gasteiger charge is 2.12. The molecule has 0 radical (unpaired) electrons. The van der Waals surface area contributed by atoms with E-state index < -0.39 is 11.8 Å². The molecule has 0 saturated carbocycles. The average molecular weight is 294 g/mol. The number of aliphatic carboxylic acids is 1. The Balaban J connectivity index is 2.93. The second-order valence-corrected chi connectivity index (χ2v) is 4.55. The first-order valence-corrected chi connectivity index (χ1v) is 6.63. The molecule has 0 aliphatic rings. The van der Waals surface area contributed by atoms with Crippen LogP contribution in [0.1, 0.15) is 18.9 Å². The lowest BCUT2D eigenvalue weighted by molar-refractivity contribution is -0.131. The number of carboxylic acid groups (broad SMARTS) is 1. The van der Waals surface area contributed by atoms with Gasteiger partial charge in [-0.3, -0.25) is 4.79 Å². The van der Waals surface area contributed by atoms with Crippen molar-refractivity contribution < 1.29 is 19.1 Å². The van der Waals surface area contributed by atoms with Gasteiger partial charge in [0.25, 0.3) is 0 Å². The quantitative estimate of drug-likeness (QED) is 0.753.